The summed E-state index contributed by atoms with van der Waals surface area (Å²) in [4.78, 5) is 18.6. The van der Waals surface area contributed by atoms with Crippen LogP contribution in [0.25, 0.3) is 0 Å². The molecule has 0 radical (unpaired) electrons. The van der Waals surface area contributed by atoms with Crippen LogP contribution in [-0.4, -0.2) is 43.5 Å². The summed E-state index contributed by atoms with van der Waals surface area (Å²) in [6.45, 7) is 7.49. The number of amides is 1. The maximum atomic E-state index is 12.4. The fourth-order valence-corrected chi connectivity index (χ4v) is 3.33. The van der Waals surface area contributed by atoms with Crippen LogP contribution in [0, 0.1) is 5.92 Å². The SMILES string of the molecule is CCN(CC)C(=O)c1ccc(CNC(=NC)NCc2ccccc2OCC2CC2)cc1. The first-order valence-electron chi connectivity index (χ1n) is 11.2. The highest BCUT2D eigenvalue weighted by Gasteiger charge is 2.22. The number of benzene rings is 2. The van der Waals surface area contributed by atoms with Crippen LogP contribution in [0.5, 0.6) is 5.75 Å². The maximum absolute atomic E-state index is 12.4. The summed E-state index contributed by atoms with van der Waals surface area (Å²) < 4.78 is 5.99. The fourth-order valence-electron chi connectivity index (χ4n) is 3.33. The van der Waals surface area contributed by atoms with E-state index in [9.17, 15) is 4.79 Å². The second kappa shape index (κ2) is 11.4. The lowest BCUT2D eigenvalue weighted by Crippen LogP contribution is -2.36. The van der Waals surface area contributed by atoms with E-state index in [2.05, 4.69) is 21.7 Å². The van der Waals surface area contributed by atoms with Gasteiger partial charge in [-0.1, -0.05) is 30.3 Å². The highest BCUT2D eigenvalue weighted by molar-refractivity contribution is 5.94. The van der Waals surface area contributed by atoms with Gasteiger partial charge in [0.25, 0.3) is 5.91 Å². The highest BCUT2D eigenvalue weighted by Crippen LogP contribution is 2.30. The molecule has 0 unspecified atom stereocenters. The van der Waals surface area contributed by atoms with Crippen LogP contribution < -0.4 is 15.4 Å². The average molecular weight is 423 g/mol. The fraction of sp³-hybridized carbons (Fsp3) is 0.440. The number of carbonyl (C=O) groups is 1. The smallest absolute Gasteiger partial charge is 0.253 e. The van der Waals surface area contributed by atoms with Gasteiger partial charge in [0, 0.05) is 44.4 Å². The predicted molar refractivity (Wildman–Crippen MR) is 125 cm³/mol. The molecule has 0 bridgehead atoms. The largest absolute Gasteiger partial charge is 0.493 e. The molecule has 1 amide bonds. The number of rotatable bonds is 10. The molecule has 0 spiro atoms. The van der Waals surface area contributed by atoms with Crippen LogP contribution in [-0.2, 0) is 13.1 Å². The summed E-state index contributed by atoms with van der Waals surface area (Å²) in [7, 11) is 1.76. The van der Waals surface area contributed by atoms with E-state index in [4.69, 9.17) is 4.74 Å². The van der Waals surface area contributed by atoms with E-state index in [1.54, 1.807) is 7.05 Å². The Labute approximate surface area is 185 Å². The molecule has 1 fully saturated rings. The molecule has 2 N–H and O–H groups in total. The molecule has 0 aromatic heterocycles. The quantitative estimate of drug-likeness (QED) is 0.451. The number of carbonyl (C=O) groups excluding carboxylic acids is 1. The molecule has 0 saturated heterocycles. The van der Waals surface area contributed by atoms with E-state index in [0.717, 1.165) is 54.0 Å². The highest BCUT2D eigenvalue weighted by atomic mass is 16.5. The summed E-state index contributed by atoms with van der Waals surface area (Å²) in [6.07, 6.45) is 2.56. The van der Waals surface area contributed by atoms with Crippen molar-refractivity contribution >= 4 is 11.9 Å². The summed E-state index contributed by atoms with van der Waals surface area (Å²) >= 11 is 0. The summed E-state index contributed by atoms with van der Waals surface area (Å²) in [5.74, 6) is 2.46. The van der Waals surface area contributed by atoms with Gasteiger partial charge < -0.3 is 20.3 Å². The number of nitrogens with zero attached hydrogens (tertiary/aromatic N) is 2. The monoisotopic (exact) mass is 422 g/mol. The van der Waals surface area contributed by atoms with Crippen molar-refractivity contribution < 1.29 is 9.53 Å². The van der Waals surface area contributed by atoms with Crippen molar-refractivity contribution in [1.29, 1.82) is 0 Å². The standard InChI is InChI=1S/C25H34N4O2/c1-4-29(5-2)24(30)21-14-12-19(13-15-21)16-27-25(26-3)28-17-22-8-6-7-9-23(22)31-18-20-10-11-20/h6-9,12-15,20H,4-5,10-11,16-18H2,1-3H3,(H2,26,27,28). The van der Waals surface area contributed by atoms with E-state index in [0.29, 0.717) is 13.1 Å². The number of nitrogens with one attached hydrogen (secondary N) is 2. The van der Waals surface area contributed by atoms with Gasteiger partial charge in [0.2, 0.25) is 0 Å². The molecule has 1 saturated carbocycles. The van der Waals surface area contributed by atoms with Crippen molar-refractivity contribution in [2.24, 2.45) is 10.9 Å². The molecular formula is C25H34N4O2. The Bertz CT molecular complexity index is 871. The van der Waals surface area contributed by atoms with Crippen molar-refractivity contribution in [2.75, 3.05) is 26.7 Å². The molecule has 0 aliphatic heterocycles. The minimum Gasteiger partial charge on any atom is -0.493 e. The first kappa shape index (κ1) is 22.7. The number of hydrogen-bond donors (Lipinski definition) is 2. The summed E-state index contributed by atoms with van der Waals surface area (Å²) in [5.41, 5.74) is 2.93. The second-order valence-electron chi connectivity index (χ2n) is 7.82. The molecule has 0 atom stereocenters. The van der Waals surface area contributed by atoms with Gasteiger partial charge in [-0.3, -0.25) is 9.79 Å². The normalized spacial score (nSPS) is 13.6. The van der Waals surface area contributed by atoms with Crippen LogP contribution in [0.15, 0.2) is 53.5 Å². The molecule has 3 rings (SSSR count). The van der Waals surface area contributed by atoms with Crippen LogP contribution in [0.1, 0.15) is 48.2 Å². The average Bonchev–Trinajstić information content (AvgIpc) is 3.64. The zero-order chi connectivity index (χ0) is 22.1. The first-order valence-corrected chi connectivity index (χ1v) is 11.2. The minimum atomic E-state index is 0.0737. The van der Waals surface area contributed by atoms with Gasteiger partial charge in [-0.2, -0.15) is 0 Å². The number of guanidine groups is 1. The Hall–Kier alpha value is -3.02. The molecule has 31 heavy (non-hydrogen) atoms. The molecule has 166 valence electrons. The Morgan fingerprint density at radius 2 is 1.71 bits per heavy atom. The van der Waals surface area contributed by atoms with Gasteiger partial charge in [0.05, 0.1) is 6.61 Å². The van der Waals surface area contributed by atoms with Gasteiger partial charge >= 0.3 is 0 Å². The lowest BCUT2D eigenvalue weighted by atomic mass is 10.1. The topological polar surface area (TPSA) is 66.0 Å². The van der Waals surface area contributed by atoms with Crippen molar-refractivity contribution in [2.45, 2.75) is 39.8 Å². The molecule has 2 aromatic carbocycles. The lowest BCUT2D eigenvalue weighted by molar-refractivity contribution is 0.0773. The summed E-state index contributed by atoms with van der Waals surface area (Å²) in [6, 6.07) is 15.9. The maximum Gasteiger partial charge on any atom is 0.253 e. The van der Waals surface area contributed by atoms with E-state index in [1.807, 2.05) is 61.2 Å². The number of hydrogen-bond acceptors (Lipinski definition) is 3. The molecule has 2 aromatic rings. The molecule has 1 aliphatic carbocycles. The van der Waals surface area contributed by atoms with Gasteiger partial charge in [-0.15, -0.1) is 0 Å². The predicted octanol–water partition coefficient (Wildman–Crippen LogP) is 3.82. The van der Waals surface area contributed by atoms with Gasteiger partial charge in [-0.25, -0.2) is 0 Å². The molecule has 0 heterocycles. The Kier molecular flexibility index (Phi) is 8.33. The van der Waals surface area contributed by atoms with Crippen molar-refractivity contribution in [1.82, 2.24) is 15.5 Å². The van der Waals surface area contributed by atoms with Crippen molar-refractivity contribution in [3.63, 3.8) is 0 Å². The van der Waals surface area contributed by atoms with Crippen molar-refractivity contribution in [3.8, 4) is 5.75 Å². The lowest BCUT2D eigenvalue weighted by Gasteiger charge is -2.18. The second-order valence-corrected chi connectivity index (χ2v) is 7.82. The van der Waals surface area contributed by atoms with Crippen LogP contribution in [0.4, 0.5) is 0 Å². The molecule has 6 nitrogen and oxygen atoms in total. The van der Waals surface area contributed by atoms with Gasteiger partial charge in [0.15, 0.2) is 5.96 Å². The number of para-hydroxylation sites is 1. The Morgan fingerprint density at radius 3 is 2.35 bits per heavy atom. The van der Waals surface area contributed by atoms with Gasteiger partial charge in [-0.05, 0) is 56.4 Å². The van der Waals surface area contributed by atoms with Crippen LogP contribution in [0.3, 0.4) is 0 Å². The number of ether oxygens (including phenoxy) is 1. The molecule has 6 heteroatoms. The Balaban J connectivity index is 1.50. The number of aliphatic imine (C=N–C) groups is 1. The Morgan fingerprint density at radius 1 is 1.03 bits per heavy atom. The zero-order valence-electron chi connectivity index (χ0n) is 18.9. The third kappa shape index (κ3) is 6.74. The zero-order valence-corrected chi connectivity index (χ0v) is 18.9. The third-order valence-corrected chi connectivity index (χ3v) is 5.53. The van der Waals surface area contributed by atoms with Crippen molar-refractivity contribution in [3.05, 3.63) is 65.2 Å². The van der Waals surface area contributed by atoms with Crippen LogP contribution in [0.2, 0.25) is 0 Å². The third-order valence-electron chi connectivity index (χ3n) is 5.53. The van der Waals surface area contributed by atoms with Gasteiger partial charge in [0.1, 0.15) is 5.75 Å². The van der Waals surface area contributed by atoms with E-state index >= 15 is 0 Å². The minimum absolute atomic E-state index is 0.0737. The van der Waals surface area contributed by atoms with E-state index < -0.39 is 0 Å². The molecule has 1 aliphatic rings. The summed E-state index contributed by atoms with van der Waals surface area (Å²) in [5, 5.41) is 6.69. The van der Waals surface area contributed by atoms with Crippen LogP contribution >= 0.6 is 0 Å². The molecular weight excluding hydrogens is 388 g/mol. The first-order chi connectivity index (χ1) is 15.1. The van der Waals surface area contributed by atoms with E-state index in [1.165, 1.54) is 12.8 Å². The van der Waals surface area contributed by atoms with E-state index in [-0.39, 0.29) is 5.91 Å².